The lowest BCUT2D eigenvalue weighted by Gasteiger charge is -2.09. The summed E-state index contributed by atoms with van der Waals surface area (Å²) >= 11 is 1.19. The van der Waals surface area contributed by atoms with Gasteiger partial charge in [-0.15, -0.1) is 0 Å². The van der Waals surface area contributed by atoms with Gasteiger partial charge in [0.25, 0.3) is 0 Å². The highest BCUT2D eigenvalue weighted by molar-refractivity contribution is 8.00. The Labute approximate surface area is 185 Å². The minimum atomic E-state index is -0.441. The predicted molar refractivity (Wildman–Crippen MR) is 121 cm³/mol. The Balaban J connectivity index is 1.69. The molecule has 1 amide bonds. The van der Waals surface area contributed by atoms with E-state index in [0.717, 1.165) is 16.8 Å². The van der Waals surface area contributed by atoms with Crippen LogP contribution in [0.4, 0.5) is 5.69 Å². The molecule has 0 radical (unpaired) electrons. The fraction of sp³-hybridized carbons (Fsp3) is 0.167. The lowest BCUT2D eigenvalue weighted by molar-refractivity contribution is -0.113. The third-order valence-corrected chi connectivity index (χ3v) is 5.32. The number of benzene rings is 2. The molecule has 0 saturated heterocycles. The largest absolute Gasteiger partial charge is 0.462 e. The Hall–Kier alpha value is -3.63. The first-order chi connectivity index (χ1) is 15.0. The second-order valence-electron chi connectivity index (χ2n) is 6.67. The third kappa shape index (κ3) is 5.93. The van der Waals surface area contributed by atoms with Crippen LogP contribution in [0.1, 0.15) is 28.4 Å². The molecule has 0 spiro atoms. The summed E-state index contributed by atoms with van der Waals surface area (Å²) in [5, 5.41) is 12.7. The Morgan fingerprint density at radius 2 is 1.90 bits per heavy atom. The summed E-state index contributed by atoms with van der Waals surface area (Å²) in [6, 6.07) is 20.1. The fourth-order valence-electron chi connectivity index (χ4n) is 2.79. The molecule has 1 aromatic heterocycles. The van der Waals surface area contributed by atoms with Crippen LogP contribution in [0, 0.1) is 18.3 Å². The third-order valence-electron chi connectivity index (χ3n) is 4.33. The van der Waals surface area contributed by atoms with E-state index >= 15 is 0 Å². The van der Waals surface area contributed by atoms with Crippen LogP contribution in [0.2, 0.25) is 0 Å². The number of rotatable bonds is 7. The maximum absolute atomic E-state index is 12.4. The molecule has 0 aliphatic rings. The van der Waals surface area contributed by atoms with Gasteiger partial charge in [0.1, 0.15) is 11.1 Å². The number of hydrogen-bond donors (Lipinski definition) is 1. The van der Waals surface area contributed by atoms with Gasteiger partial charge in [0, 0.05) is 11.3 Å². The molecule has 2 aromatic carbocycles. The summed E-state index contributed by atoms with van der Waals surface area (Å²) in [4.78, 5) is 28.9. The number of nitriles is 1. The van der Waals surface area contributed by atoms with Crippen LogP contribution in [0.25, 0.3) is 11.3 Å². The number of thioether (sulfide) groups is 1. The van der Waals surface area contributed by atoms with Crippen LogP contribution in [-0.2, 0) is 9.53 Å². The van der Waals surface area contributed by atoms with E-state index < -0.39 is 5.97 Å². The molecule has 0 aliphatic carbocycles. The second-order valence-corrected chi connectivity index (χ2v) is 7.63. The average molecular weight is 432 g/mol. The number of nitrogens with zero attached hydrogens (tertiary/aromatic N) is 2. The number of aromatic nitrogens is 1. The van der Waals surface area contributed by atoms with Gasteiger partial charge in [0.2, 0.25) is 5.91 Å². The van der Waals surface area contributed by atoms with Crippen LogP contribution in [0.3, 0.4) is 0 Å². The zero-order valence-electron chi connectivity index (χ0n) is 17.2. The highest BCUT2D eigenvalue weighted by Gasteiger charge is 2.12. The van der Waals surface area contributed by atoms with Crippen molar-refractivity contribution in [1.82, 2.24) is 4.98 Å². The van der Waals surface area contributed by atoms with Gasteiger partial charge in [-0.05, 0) is 44.2 Å². The Bertz CT molecular complexity index is 1140. The number of esters is 1. The number of ether oxygens (including phenoxy) is 1. The summed E-state index contributed by atoms with van der Waals surface area (Å²) in [5.74, 6) is -0.635. The van der Waals surface area contributed by atoms with E-state index in [0.29, 0.717) is 21.8 Å². The number of pyridine rings is 1. The van der Waals surface area contributed by atoms with E-state index in [1.807, 2.05) is 31.2 Å². The van der Waals surface area contributed by atoms with Gasteiger partial charge in [-0.2, -0.15) is 5.26 Å². The van der Waals surface area contributed by atoms with E-state index in [1.165, 1.54) is 11.8 Å². The Morgan fingerprint density at radius 1 is 1.13 bits per heavy atom. The zero-order chi connectivity index (χ0) is 22.2. The van der Waals surface area contributed by atoms with Crippen molar-refractivity contribution < 1.29 is 14.3 Å². The molecule has 0 unspecified atom stereocenters. The fourth-order valence-corrected chi connectivity index (χ4v) is 3.56. The van der Waals surface area contributed by atoms with E-state index in [2.05, 4.69) is 16.4 Å². The summed E-state index contributed by atoms with van der Waals surface area (Å²) in [6.07, 6.45) is 0. The maximum atomic E-state index is 12.4. The first kappa shape index (κ1) is 22.1. The number of amides is 1. The molecular formula is C24H21N3O3S. The van der Waals surface area contributed by atoms with Gasteiger partial charge in [-0.1, -0.05) is 47.7 Å². The van der Waals surface area contributed by atoms with Crippen molar-refractivity contribution in [3.8, 4) is 17.3 Å². The van der Waals surface area contributed by atoms with Crippen LogP contribution >= 0.6 is 11.8 Å². The van der Waals surface area contributed by atoms with Crippen molar-refractivity contribution in [2.45, 2.75) is 18.9 Å². The van der Waals surface area contributed by atoms with Crippen LogP contribution in [0.5, 0.6) is 0 Å². The summed E-state index contributed by atoms with van der Waals surface area (Å²) in [7, 11) is 0. The van der Waals surface area contributed by atoms with E-state index in [-0.39, 0.29) is 18.3 Å². The molecule has 31 heavy (non-hydrogen) atoms. The van der Waals surface area contributed by atoms with E-state index in [4.69, 9.17) is 4.74 Å². The molecule has 0 bridgehead atoms. The van der Waals surface area contributed by atoms with Crippen molar-refractivity contribution >= 4 is 29.3 Å². The highest BCUT2D eigenvalue weighted by atomic mass is 32.2. The van der Waals surface area contributed by atoms with Gasteiger partial charge < -0.3 is 10.1 Å². The molecule has 3 rings (SSSR count). The van der Waals surface area contributed by atoms with Crippen molar-refractivity contribution in [3.63, 3.8) is 0 Å². The van der Waals surface area contributed by atoms with Gasteiger partial charge in [-0.3, -0.25) is 4.79 Å². The molecular weight excluding hydrogens is 410 g/mol. The van der Waals surface area contributed by atoms with Gasteiger partial charge in [0.05, 0.1) is 29.2 Å². The first-order valence-corrected chi connectivity index (χ1v) is 10.7. The molecule has 0 atom stereocenters. The Kier molecular flexibility index (Phi) is 7.41. The van der Waals surface area contributed by atoms with Crippen LogP contribution < -0.4 is 5.32 Å². The molecule has 1 N–H and O–H groups in total. The van der Waals surface area contributed by atoms with Crippen molar-refractivity contribution in [2.24, 2.45) is 0 Å². The van der Waals surface area contributed by atoms with Gasteiger partial charge in [0.15, 0.2) is 0 Å². The highest BCUT2D eigenvalue weighted by Crippen LogP contribution is 2.26. The lowest BCUT2D eigenvalue weighted by atomic mass is 10.1. The number of carbonyl (C=O) groups excluding carboxylic acids is 2. The van der Waals surface area contributed by atoms with Crippen molar-refractivity contribution in [3.05, 3.63) is 77.4 Å². The normalized spacial score (nSPS) is 10.2. The minimum absolute atomic E-state index is 0.0721. The van der Waals surface area contributed by atoms with Gasteiger partial charge in [-0.25, -0.2) is 9.78 Å². The molecule has 3 aromatic rings. The predicted octanol–water partition coefficient (Wildman–Crippen LogP) is 4.84. The first-order valence-electron chi connectivity index (χ1n) is 9.68. The maximum Gasteiger partial charge on any atom is 0.338 e. The summed E-state index contributed by atoms with van der Waals surface area (Å²) in [6.45, 7) is 4.03. The average Bonchev–Trinajstić information content (AvgIpc) is 2.78. The van der Waals surface area contributed by atoms with Crippen molar-refractivity contribution in [1.29, 1.82) is 5.26 Å². The lowest BCUT2D eigenvalue weighted by Crippen LogP contribution is -2.15. The number of carbonyl (C=O) groups is 2. The molecule has 0 fully saturated rings. The molecule has 7 heteroatoms. The molecule has 1 heterocycles. The molecule has 0 saturated carbocycles. The quantitative estimate of drug-likeness (QED) is 0.425. The number of nitrogens with one attached hydrogen (secondary N) is 1. The summed E-state index contributed by atoms with van der Waals surface area (Å²) < 4.78 is 4.98. The minimum Gasteiger partial charge on any atom is -0.462 e. The molecule has 6 nitrogen and oxygen atoms in total. The smallest absolute Gasteiger partial charge is 0.338 e. The van der Waals surface area contributed by atoms with Crippen LogP contribution in [0.15, 0.2) is 65.7 Å². The monoisotopic (exact) mass is 431 g/mol. The summed E-state index contributed by atoms with van der Waals surface area (Å²) in [5.41, 5.74) is 4.11. The SMILES string of the molecule is CCOC(=O)c1cccc(NC(=O)CSc2nc(-c3ccc(C)cc3)ccc2C#N)c1. The van der Waals surface area contributed by atoms with E-state index in [1.54, 1.807) is 43.3 Å². The topological polar surface area (TPSA) is 92.1 Å². The number of anilines is 1. The number of hydrogen-bond acceptors (Lipinski definition) is 6. The van der Waals surface area contributed by atoms with Gasteiger partial charge >= 0.3 is 5.97 Å². The standard InChI is InChI=1S/C24H21N3O3S/c1-3-30-24(29)18-5-4-6-20(13-18)26-22(28)15-31-23-19(14-25)11-12-21(27-23)17-9-7-16(2)8-10-17/h4-13H,3,15H2,1-2H3,(H,26,28). The molecule has 0 aliphatic heterocycles. The van der Waals surface area contributed by atoms with Crippen molar-refractivity contribution in [2.75, 3.05) is 17.7 Å². The second kappa shape index (κ2) is 10.4. The van der Waals surface area contributed by atoms with E-state index in [9.17, 15) is 14.9 Å². The number of aryl methyl sites for hydroxylation is 1. The molecule has 156 valence electrons. The zero-order valence-corrected chi connectivity index (χ0v) is 18.0. The van der Waals surface area contributed by atoms with Crippen LogP contribution in [-0.4, -0.2) is 29.2 Å². The Morgan fingerprint density at radius 3 is 2.61 bits per heavy atom.